The van der Waals surface area contributed by atoms with Crippen LogP contribution in [0.15, 0.2) is 42.6 Å². The number of carboxylic acids is 1. The van der Waals surface area contributed by atoms with Crippen LogP contribution >= 0.6 is 0 Å². The predicted octanol–water partition coefficient (Wildman–Crippen LogP) is 2.13. The number of aromatic carboxylic acids is 1. The molecule has 2 aromatic rings. The van der Waals surface area contributed by atoms with Gasteiger partial charge in [0.15, 0.2) is 0 Å². The van der Waals surface area contributed by atoms with Crippen LogP contribution in [0, 0.1) is 10.1 Å². The fourth-order valence-corrected chi connectivity index (χ4v) is 1.81. The molecule has 0 saturated heterocycles. The molecule has 0 spiro atoms. The third-order valence-electron chi connectivity index (χ3n) is 3.12. The van der Waals surface area contributed by atoms with E-state index >= 15 is 0 Å². The molecule has 1 unspecified atom stereocenters. The molecule has 9 nitrogen and oxygen atoms in total. The van der Waals surface area contributed by atoms with Crippen LogP contribution in [-0.4, -0.2) is 32.9 Å². The summed E-state index contributed by atoms with van der Waals surface area (Å²) >= 11 is 0. The molecule has 0 aliphatic carbocycles. The number of anilines is 2. The Bertz CT molecular complexity index is 758. The van der Waals surface area contributed by atoms with Crippen molar-refractivity contribution in [3.05, 3.63) is 58.3 Å². The number of nitrogens with one attached hydrogen (secondary N) is 2. The van der Waals surface area contributed by atoms with E-state index in [1.165, 1.54) is 36.4 Å². The highest BCUT2D eigenvalue weighted by molar-refractivity contribution is 5.96. The molecular weight excluding hydrogens is 316 g/mol. The van der Waals surface area contributed by atoms with Crippen molar-refractivity contribution in [2.45, 2.75) is 13.0 Å². The highest BCUT2D eigenvalue weighted by atomic mass is 16.6. The van der Waals surface area contributed by atoms with E-state index < -0.39 is 16.9 Å². The number of carbonyl (C=O) groups is 2. The van der Waals surface area contributed by atoms with Gasteiger partial charge in [-0.15, -0.1) is 0 Å². The Morgan fingerprint density at radius 1 is 1.21 bits per heavy atom. The van der Waals surface area contributed by atoms with E-state index in [0.717, 1.165) is 6.20 Å². The summed E-state index contributed by atoms with van der Waals surface area (Å²) in [6, 6.07) is 7.77. The predicted molar refractivity (Wildman–Crippen MR) is 86.0 cm³/mol. The van der Waals surface area contributed by atoms with Gasteiger partial charge in [-0.05, 0) is 37.3 Å². The number of hydrogen-bond acceptors (Lipinski definition) is 6. The summed E-state index contributed by atoms with van der Waals surface area (Å²) in [7, 11) is 0. The molecule has 1 heterocycles. The van der Waals surface area contributed by atoms with Crippen molar-refractivity contribution < 1.29 is 19.6 Å². The number of hydrogen-bond donors (Lipinski definition) is 3. The molecule has 0 bridgehead atoms. The first kappa shape index (κ1) is 16.9. The van der Waals surface area contributed by atoms with Gasteiger partial charge in [0.1, 0.15) is 18.1 Å². The lowest BCUT2D eigenvalue weighted by Crippen LogP contribution is -2.32. The highest BCUT2D eigenvalue weighted by Gasteiger charge is 2.14. The van der Waals surface area contributed by atoms with Gasteiger partial charge in [-0.3, -0.25) is 14.9 Å². The molecule has 1 aromatic carbocycles. The van der Waals surface area contributed by atoms with Crippen molar-refractivity contribution in [2.75, 3.05) is 10.6 Å². The minimum Gasteiger partial charge on any atom is -0.478 e. The van der Waals surface area contributed by atoms with Crippen molar-refractivity contribution in [1.82, 2.24) is 4.98 Å². The fourth-order valence-electron chi connectivity index (χ4n) is 1.81. The zero-order valence-corrected chi connectivity index (χ0v) is 12.6. The first-order valence-electron chi connectivity index (χ1n) is 6.88. The van der Waals surface area contributed by atoms with Gasteiger partial charge in [0.2, 0.25) is 5.91 Å². The highest BCUT2D eigenvalue weighted by Crippen LogP contribution is 2.14. The zero-order chi connectivity index (χ0) is 17.7. The third-order valence-corrected chi connectivity index (χ3v) is 3.12. The van der Waals surface area contributed by atoms with Crippen LogP contribution in [0.3, 0.4) is 0 Å². The minimum absolute atomic E-state index is 0.120. The molecule has 1 amide bonds. The number of rotatable bonds is 6. The minimum atomic E-state index is -1.05. The summed E-state index contributed by atoms with van der Waals surface area (Å²) < 4.78 is 0. The Morgan fingerprint density at radius 2 is 1.88 bits per heavy atom. The number of pyridine rings is 1. The molecule has 1 atom stereocenters. The lowest BCUT2D eigenvalue weighted by atomic mass is 10.2. The van der Waals surface area contributed by atoms with Gasteiger partial charge in [-0.25, -0.2) is 9.78 Å². The zero-order valence-electron chi connectivity index (χ0n) is 12.6. The lowest BCUT2D eigenvalue weighted by molar-refractivity contribution is -0.385. The molecule has 2 rings (SSSR count). The molecule has 0 fully saturated rings. The maximum atomic E-state index is 12.1. The van der Waals surface area contributed by atoms with Crippen molar-refractivity contribution in [1.29, 1.82) is 0 Å². The monoisotopic (exact) mass is 330 g/mol. The van der Waals surface area contributed by atoms with Gasteiger partial charge in [-0.1, -0.05) is 0 Å². The normalized spacial score (nSPS) is 11.4. The number of benzene rings is 1. The maximum absolute atomic E-state index is 12.1. The largest absolute Gasteiger partial charge is 0.478 e. The van der Waals surface area contributed by atoms with E-state index in [0.29, 0.717) is 11.5 Å². The van der Waals surface area contributed by atoms with Crippen LogP contribution in [0.5, 0.6) is 0 Å². The topological polar surface area (TPSA) is 134 Å². The Hall–Kier alpha value is -3.49. The Morgan fingerprint density at radius 3 is 2.38 bits per heavy atom. The van der Waals surface area contributed by atoms with Crippen LogP contribution < -0.4 is 10.6 Å². The van der Waals surface area contributed by atoms with Crippen molar-refractivity contribution in [3.8, 4) is 0 Å². The van der Waals surface area contributed by atoms with E-state index in [-0.39, 0.29) is 17.2 Å². The van der Waals surface area contributed by atoms with Crippen LogP contribution in [0.2, 0.25) is 0 Å². The van der Waals surface area contributed by atoms with E-state index in [2.05, 4.69) is 15.6 Å². The summed E-state index contributed by atoms with van der Waals surface area (Å²) in [5.74, 6) is -1.09. The number of nitrogens with zero attached hydrogens (tertiary/aromatic N) is 2. The number of nitro groups is 1. The molecule has 124 valence electrons. The molecule has 9 heteroatoms. The second-order valence-corrected chi connectivity index (χ2v) is 4.90. The molecule has 0 aliphatic rings. The number of carbonyl (C=O) groups excluding carboxylic acids is 1. The number of amides is 1. The Kier molecular flexibility index (Phi) is 5.05. The number of carboxylic acid groups (broad SMARTS) is 1. The SMILES string of the molecule is CC(Nc1ccc([N+](=O)[O-])cn1)C(=O)Nc1ccc(C(=O)O)cc1. The summed E-state index contributed by atoms with van der Waals surface area (Å²) in [5, 5.41) is 24.8. The van der Waals surface area contributed by atoms with E-state index in [1.807, 2.05) is 0 Å². The first-order chi connectivity index (χ1) is 11.4. The van der Waals surface area contributed by atoms with Gasteiger partial charge >= 0.3 is 5.97 Å². The van der Waals surface area contributed by atoms with Crippen LogP contribution in [-0.2, 0) is 4.79 Å². The van der Waals surface area contributed by atoms with Crippen molar-refractivity contribution in [2.24, 2.45) is 0 Å². The average Bonchev–Trinajstić information content (AvgIpc) is 2.55. The molecule has 0 aliphatic heterocycles. The standard InChI is InChI=1S/C15H14N4O5/c1-9(17-13-7-6-12(8-16-13)19(23)24)14(20)18-11-4-2-10(3-5-11)15(21)22/h2-9H,1H3,(H,16,17)(H,18,20)(H,21,22). The maximum Gasteiger partial charge on any atom is 0.335 e. The van der Waals surface area contributed by atoms with Crippen LogP contribution in [0.1, 0.15) is 17.3 Å². The van der Waals surface area contributed by atoms with E-state index in [9.17, 15) is 19.7 Å². The smallest absolute Gasteiger partial charge is 0.335 e. The molecular formula is C15H14N4O5. The number of aromatic nitrogens is 1. The van der Waals surface area contributed by atoms with Gasteiger partial charge in [-0.2, -0.15) is 0 Å². The van der Waals surface area contributed by atoms with Gasteiger partial charge in [0, 0.05) is 11.8 Å². The van der Waals surface area contributed by atoms with Gasteiger partial charge < -0.3 is 15.7 Å². The van der Waals surface area contributed by atoms with Gasteiger partial charge in [0.25, 0.3) is 5.69 Å². The molecule has 3 N–H and O–H groups in total. The average molecular weight is 330 g/mol. The van der Waals surface area contributed by atoms with Crippen molar-refractivity contribution >= 4 is 29.1 Å². The Labute approximate surface area is 136 Å². The molecule has 24 heavy (non-hydrogen) atoms. The van der Waals surface area contributed by atoms with E-state index in [1.54, 1.807) is 6.92 Å². The van der Waals surface area contributed by atoms with Crippen molar-refractivity contribution in [3.63, 3.8) is 0 Å². The van der Waals surface area contributed by atoms with Gasteiger partial charge in [0.05, 0.1) is 10.5 Å². The molecule has 0 saturated carbocycles. The van der Waals surface area contributed by atoms with Crippen LogP contribution in [0.25, 0.3) is 0 Å². The second-order valence-electron chi connectivity index (χ2n) is 4.90. The summed E-state index contributed by atoms with van der Waals surface area (Å²) in [6.07, 6.45) is 1.09. The molecule has 1 aromatic heterocycles. The summed E-state index contributed by atoms with van der Waals surface area (Å²) in [4.78, 5) is 36.7. The summed E-state index contributed by atoms with van der Waals surface area (Å²) in [6.45, 7) is 1.60. The first-order valence-corrected chi connectivity index (χ1v) is 6.88. The third kappa shape index (κ3) is 4.26. The van der Waals surface area contributed by atoms with Crippen LogP contribution in [0.4, 0.5) is 17.2 Å². The Balaban J connectivity index is 1.96. The fraction of sp³-hybridized carbons (Fsp3) is 0.133. The second kappa shape index (κ2) is 7.18. The van der Waals surface area contributed by atoms with E-state index in [4.69, 9.17) is 5.11 Å². The molecule has 0 radical (unpaired) electrons. The summed E-state index contributed by atoms with van der Waals surface area (Å²) in [5.41, 5.74) is 0.431. The quantitative estimate of drug-likeness (QED) is 0.545. The lowest BCUT2D eigenvalue weighted by Gasteiger charge is -2.14.